The van der Waals surface area contributed by atoms with Gasteiger partial charge in [0.1, 0.15) is 0 Å². The van der Waals surface area contributed by atoms with Crippen molar-refractivity contribution in [2.24, 2.45) is 5.41 Å². The predicted octanol–water partition coefficient (Wildman–Crippen LogP) is 1.98. The highest BCUT2D eigenvalue weighted by Gasteiger charge is 2.39. The lowest BCUT2D eigenvalue weighted by Crippen LogP contribution is -2.52. The van der Waals surface area contributed by atoms with Crippen molar-refractivity contribution in [2.45, 2.75) is 46.1 Å². The summed E-state index contributed by atoms with van der Waals surface area (Å²) in [6.07, 6.45) is 1.95. The van der Waals surface area contributed by atoms with Gasteiger partial charge in [0.2, 0.25) is 5.91 Å². The van der Waals surface area contributed by atoms with Crippen LogP contribution in [0.25, 0.3) is 0 Å². The van der Waals surface area contributed by atoms with E-state index in [1.54, 1.807) is 4.90 Å². The number of amides is 1. The topological polar surface area (TPSA) is 23.6 Å². The van der Waals surface area contributed by atoms with Gasteiger partial charge in [-0.3, -0.25) is 9.69 Å². The normalized spacial score (nSPS) is 21.9. The zero-order valence-corrected chi connectivity index (χ0v) is 11.6. The molecular weight excluding hydrogens is 200 g/mol. The summed E-state index contributed by atoms with van der Waals surface area (Å²) < 4.78 is 0. The van der Waals surface area contributed by atoms with E-state index >= 15 is 0 Å². The molecule has 1 heterocycles. The molecule has 0 saturated carbocycles. The van der Waals surface area contributed by atoms with Crippen LogP contribution in [0.5, 0.6) is 0 Å². The van der Waals surface area contributed by atoms with Gasteiger partial charge in [0.25, 0.3) is 0 Å². The van der Waals surface area contributed by atoms with Gasteiger partial charge < -0.3 is 4.90 Å². The van der Waals surface area contributed by atoms with E-state index in [-0.39, 0.29) is 16.9 Å². The van der Waals surface area contributed by atoms with Crippen molar-refractivity contribution in [1.82, 2.24) is 9.80 Å². The van der Waals surface area contributed by atoms with E-state index in [4.69, 9.17) is 0 Å². The zero-order valence-electron chi connectivity index (χ0n) is 11.6. The first-order chi connectivity index (χ1) is 7.17. The van der Waals surface area contributed by atoms with Gasteiger partial charge in [0.05, 0.1) is 0 Å². The third-order valence-corrected chi connectivity index (χ3v) is 3.74. The van der Waals surface area contributed by atoms with Crippen molar-refractivity contribution < 1.29 is 4.79 Å². The number of likely N-dealkylation sites (tertiary alicyclic amines) is 1. The third kappa shape index (κ3) is 2.76. The second-order valence-electron chi connectivity index (χ2n) is 6.42. The monoisotopic (exact) mass is 226 g/mol. The summed E-state index contributed by atoms with van der Waals surface area (Å²) in [6.45, 7) is 10.9. The molecule has 0 bridgehead atoms. The fourth-order valence-electron chi connectivity index (χ4n) is 2.42. The van der Waals surface area contributed by atoms with E-state index in [0.29, 0.717) is 0 Å². The molecule has 3 heteroatoms. The summed E-state index contributed by atoms with van der Waals surface area (Å²) in [5.74, 6) is 0.279. The van der Waals surface area contributed by atoms with Crippen LogP contribution >= 0.6 is 0 Å². The number of nitrogens with zero attached hydrogens (tertiary/aromatic N) is 2. The minimum absolute atomic E-state index is 0.148. The van der Waals surface area contributed by atoms with Crippen molar-refractivity contribution in [1.29, 1.82) is 0 Å². The van der Waals surface area contributed by atoms with Crippen LogP contribution in [-0.4, -0.2) is 48.4 Å². The lowest BCUT2D eigenvalue weighted by molar-refractivity contribution is -0.142. The van der Waals surface area contributed by atoms with Crippen LogP contribution in [0, 0.1) is 5.41 Å². The van der Waals surface area contributed by atoms with E-state index in [2.05, 4.69) is 32.6 Å². The highest BCUT2D eigenvalue weighted by atomic mass is 16.2. The lowest BCUT2D eigenvalue weighted by Gasteiger charge is -2.45. The predicted molar refractivity (Wildman–Crippen MR) is 67.4 cm³/mol. The number of piperidine rings is 1. The third-order valence-electron chi connectivity index (χ3n) is 3.74. The molecule has 1 amide bonds. The molecule has 0 atom stereocenters. The standard InChI is InChI=1S/C13H26N2O/c1-12(2,3)15-9-7-13(4,8-10-15)11(16)14(5)6/h7-10H2,1-6H3. The lowest BCUT2D eigenvalue weighted by atomic mass is 9.78. The van der Waals surface area contributed by atoms with Gasteiger partial charge in [0.15, 0.2) is 0 Å². The highest BCUT2D eigenvalue weighted by Crippen LogP contribution is 2.34. The first-order valence-corrected chi connectivity index (χ1v) is 6.14. The first kappa shape index (κ1) is 13.5. The fraction of sp³-hybridized carbons (Fsp3) is 0.923. The Morgan fingerprint density at radius 3 is 1.94 bits per heavy atom. The van der Waals surface area contributed by atoms with E-state index in [1.807, 2.05) is 14.1 Å². The van der Waals surface area contributed by atoms with Gasteiger partial charge >= 0.3 is 0 Å². The fourth-order valence-corrected chi connectivity index (χ4v) is 2.42. The molecule has 1 fully saturated rings. The molecule has 1 aliphatic heterocycles. The van der Waals surface area contributed by atoms with Crippen LogP contribution in [0.2, 0.25) is 0 Å². The van der Waals surface area contributed by atoms with Crippen molar-refractivity contribution in [3.05, 3.63) is 0 Å². The van der Waals surface area contributed by atoms with E-state index in [1.165, 1.54) is 0 Å². The van der Waals surface area contributed by atoms with Crippen LogP contribution in [0.4, 0.5) is 0 Å². The van der Waals surface area contributed by atoms with Gasteiger partial charge in [-0.25, -0.2) is 0 Å². The van der Waals surface area contributed by atoms with Gasteiger partial charge in [-0.15, -0.1) is 0 Å². The quantitative estimate of drug-likeness (QED) is 0.682. The molecule has 3 nitrogen and oxygen atoms in total. The Kier molecular flexibility index (Phi) is 3.68. The Balaban J connectivity index is 2.64. The smallest absolute Gasteiger partial charge is 0.228 e. The first-order valence-electron chi connectivity index (χ1n) is 6.14. The summed E-state index contributed by atoms with van der Waals surface area (Å²) in [4.78, 5) is 16.3. The molecule has 0 spiro atoms. The summed E-state index contributed by atoms with van der Waals surface area (Å²) >= 11 is 0. The molecule has 0 aromatic carbocycles. The van der Waals surface area contributed by atoms with E-state index < -0.39 is 0 Å². The van der Waals surface area contributed by atoms with Crippen LogP contribution in [-0.2, 0) is 4.79 Å². The Bertz CT molecular complexity index is 258. The molecular formula is C13H26N2O. The maximum absolute atomic E-state index is 12.1. The van der Waals surface area contributed by atoms with Crippen molar-refractivity contribution in [2.75, 3.05) is 27.2 Å². The Morgan fingerprint density at radius 1 is 1.19 bits per heavy atom. The largest absolute Gasteiger partial charge is 0.348 e. The highest BCUT2D eigenvalue weighted by molar-refractivity contribution is 5.82. The Labute approximate surface area is 99.8 Å². The molecule has 1 aliphatic rings. The van der Waals surface area contributed by atoms with Gasteiger partial charge in [-0.05, 0) is 46.7 Å². The summed E-state index contributed by atoms with van der Waals surface area (Å²) in [5, 5.41) is 0. The minimum Gasteiger partial charge on any atom is -0.348 e. The van der Waals surface area contributed by atoms with Crippen LogP contribution in [0.1, 0.15) is 40.5 Å². The van der Waals surface area contributed by atoms with Crippen LogP contribution in [0.15, 0.2) is 0 Å². The van der Waals surface area contributed by atoms with E-state index in [9.17, 15) is 4.79 Å². The molecule has 0 aromatic heterocycles. The molecule has 1 rings (SSSR count). The molecule has 16 heavy (non-hydrogen) atoms. The van der Waals surface area contributed by atoms with Gasteiger partial charge in [-0.2, -0.15) is 0 Å². The Morgan fingerprint density at radius 2 is 1.62 bits per heavy atom. The minimum atomic E-state index is -0.148. The number of hydrogen-bond acceptors (Lipinski definition) is 2. The maximum atomic E-state index is 12.1. The molecule has 0 aliphatic carbocycles. The number of carbonyl (C=O) groups excluding carboxylic acids is 1. The molecule has 1 saturated heterocycles. The molecule has 0 radical (unpaired) electrons. The number of rotatable bonds is 1. The summed E-state index contributed by atoms with van der Waals surface area (Å²) in [6, 6.07) is 0. The second-order valence-corrected chi connectivity index (χ2v) is 6.42. The Hall–Kier alpha value is -0.570. The van der Waals surface area contributed by atoms with Crippen molar-refractivity contribution in [3.63, 3.8) is 0 Å². The number of hydrogen-bond donors (Lipinski definition) is 0. The molecule has 0 unspecified atom stereocenters. The molecule has 94 valence electrons. The van der Waals surface area contributed by atoms with Gasteiger partial charge in [-0.1, -0.05) is 6.92 Å². The van der Waals surface area contributed by atoms with Crippen LogP contribution in [0.3, 0.4) is 0 Å². The number of carbonyl (C=O) groups is 1. The average Bonchev–Trinajstić information content (AvgIpc) is 2.15. The van der Waals surface area contributed by atoms with Crippen molar-refractivity contribution in [3.8, 4) is 0 Å². The molecule has 0 aromatic rings. The zero-order chi connectivity index (χ0) is 12.6. The van der Waals surface area contributed by atoms with Gasteiger partial charge in [0, 0.05) is 25.0 Å². The van der Waals surface area contributed by atoms with Crippen molar-refractivity contribution >= 4 is 5.91 Å². The second kappa shape index (κ2) is 4.36. The average molecular weight is 226 g/mol. The van der Waals surface area contributed by atoms with Crippen LogP contribution < -0.4 is 0 Å². The maximum Gasteiger partial charge on any atom is 0.228 e. The molecule has 0 N–H and O–H groups in total. The summed E-state index contributed by atoms with van der Waals surface area (Å²) in [7, 11) is 3.70. The SMILES string of the molecule is CN(C)C(=O)C1(C)CCN(C(C)(C)C)CC1. The summed E-state index contributed by atoms with van der Waals surface area (Å²) in [5.41, 5.74) is 0.0771. The van der Waals surface area contributed by atoms with E-state index in [0.717, 1.165) is 25.9 Å².